The Morgan fingerprint density at radius 1 is 0.970 bits per heavy atom. The summed E-state index contributed by atoms with van der Waals surface area (Å²) in [4.78, 5) is 30.2. The molecule has 0 aromatic heterocycles. The number of carbonyl (C=O) groups is 2. The van der Waals surface area contributed by atoms with Crippen molar-refractivity contribution < 1.29 is 14.3 Å². The van der Waals surface area contributed by atoms with Crippen LogP contribution in [0.5, 0.6) is 0 Å². The smallest absolute Gasteiger partial charge is 0.412 e. The molecule has 0 unspecified atom stereocenters. The van der Waals surface area contributed by atoms with Crippen LogP contribution in [0.4, 0.5) is 21.9 Å². The number of anilines is 3. The summed E-state index contributed by atoms with van der Waals surface area (Å²) in [5, 5.41) is 2.82. The molecule has 0 saturated carbocycles. The molecule has 1 aliphatic heterocycles. The van der Waals surface area contributed by atoms with Gasteiger partial charge in [0.25, 0.3) is 0 Å². The second-order valence-corrected chi connectivity index (χ2v) is 10.2. The van der Waals surface area contributed by atoms with Gasteiger partial charge in [-0.3, -0.25) is 19.9 Å². The predicted octanol–water partition coefficient (Wildman–Crippen LogP) is 5.92. The van der Waals surface area contributed by atoms with Crippen LogP contribution in [0, 0.1) is 0 Å². The molecule has 0 spiro atoms. The summed E-state index contributed by atoms with van der Waals surface area (Å²) in [7, 11) is 0. The highest BCUT2D eigenvalue weighted by Crippen LogP contribution is 2.38. The van der Waals surface area contributed by atoms with Crippen molar-refractivity contribution in [2.24, 2.45) is 0 Å². The molecule has 1 N–H and O–H groups in total. The highest BCUT2D eigenvalue weighted by molar-refractivity contribution is 6.04. The van der Waals surface area contributed by atoms with Crippen molar-refractivity contribution >= 4 is 29.1 Å². The van der Waals surface area contributed by atoms with Gasteiger partial charge in [-0.2, -0.15) is 0 Å². The number of benzene rings is 2. The van der Waals surface area contributed by atoms with E-state index in [1.165, 1.54) is 0 Å². The fraction of sp³-hybridized carbons (Fsp3) is 0.481. The summed E-state index contributed by atoms with van der Waals surface area (Å²) < 4.78 is 5.41. The van der Waals surface area contributed by atoms with Crippen LogP contribution in [-0.2, 0) is 22.4 Å². The zero-order chi connectivity index (χ0) is 24.3. The van der Waals surface area contributed by atoms with Crippen LogP contribution in [0.15, 0.2) is 42.5 Å². The quantitative estimate of drug-likeness (QED) is 0.613. The third-order valence-corrected chi connectivity index (χ3v) is 5.76. The molecule has 178 valence electrons. The van der Waals surface area contributed by atoms with Crippen LogP contribution in [0.2, 0.25) is 0 Å². The van der Waals surface area contributed by atoms with Crippen LogP contribution in [-0.4, -0.2) is 41.1 Å². The zero-order valence-electron chi connectivity index (χ0n) is 20.9. The number of fused-ring (bicyclic) bond motifs is 2. The first-order chi connectivity index (χ1) is 15.5. The van der Waals surface area contributed by atoms with Gasteiger partial charge in [0.1, 0.15) is 5.60 Å². The molecule has 33 heavy (non-hydrogen) atoms. The lowest BCUT2D eigenvalue weighted by atomic mass is 10.0. The fourth-order valence-electron chi connectivity index (χ4n) is 4.28. The molecule has 6 nitrogen and oxygen atoms in total. The van der Waals surface area contributed by atoms with Crippen LogP contribution >= 0.6 is 0 Å². The summed E-state index contributed by atoms with van der Waals surface area (Å²) in [6, 6.07) is 14.3. The molecular weight excluding hydrogens is 414 g/mol. The first-order valence-corrected chi connectivity index (χ1v) is 11.8. The minimum Gasteiger partial charge on any atom is -0.444 e. The van der Waals surface area contributed by atoms with E-state index in [-0.39, 0.29) is 18.0 Å². The average Bonchev–Trinajstić information content (AvgIpc) is 2.86. The topological polar surface area (TPSA) is 61.9 Å². The molecule has 1 heterocycles. The number of para-hydroxylation sites is 1. The van der Waals surface area contributed by atoms with Gasteiger partial charge < -0.3 is 4.74 Å². The number of nitrogens with one attached hydrogen (secondary N) is 1. The van der Waals surface area contributed by atoms with Crippen molar-refractivity contribution in [3.8, 4) is 0 Å². The Kier molecular flexibility index (Phi) is 7.48. The Hall–Kier alpha value is -2.86. The molecule has 0 atom stereocenters. The number of ether oxygens (including phenoxy) is 1. The van der Waals surface area contributed by atoms with Crippen molar-refractivity contribution in [2.75, 3.05) is 16.8 Å². The highest BCUT2D eigenvalue weighted by atomic mass is 16.6. The molecule has 0 radical (unpaired) electrons. The number of amides is 2. The number of hydrogen-bond donors (Lipinski definition) is 1. The van der Waals surface area contributed by atoms with E-state index >= 15 is 0 Å². The molecule has 2 aromatic rings. The Morgan fingerprint density at radius 3 is 2.18 bits per heavy atom. The Balaban J connectivity index is 2.01. The van der Waals surface area contributed by atoms with E-state index in [1.54, 1.807) is 0 Å². The Labute approximate surface area is 197 Å². The number of nitrogens with zero attached hydrogens (tertiary/aromatic N) is 2. The van der Waals surface area contributed by atoms with Crippen LogP contribution in [0.3, 0.4) is 0 Å². The van der Waals surface area contributed by atoms with Crippen molar-refractivity contribution in [1.82, 2.24) is 4.90 Å². The molecule has 2 aromatic carbocycles. The average molecular weight is 452 g/mol. The lowest BCUT2D eigenvalue weighted by molar-refractivity contribution is -0.120. The Morgan fingerprint density at radius 2 is 1.58 bits per heavy atom. The lowest BCUT2D eigenvalue weighted by Gasteiger charge is -2.33. The maximum Gasteiger partial charge on any atom is 0.412 e. The summed E-state index contributed by atoms with van der Waals surface area (Å²) in [5.74, 6) is 0.0161. The van der Waals surface area contributed by atoms with Gasteiger partial charge in [-0.1, -0.05) is 24.3 Å². The first-order valence-electron chi connectivity index (χ1n) is 11.8. The second kappa shape index (κ2) is 9.96. The van der Waals surface area contributed by atoms with Gasteiger partial charge in [0.15, 0.2) is 0 Å². The van der Waals surface area contributed by atoms with E-state index < -0.39 is 11.7 Å². The molecule has 0 saturated heterocycles. The molecule has 1 aliphatic rings. The van der Waals surface area contributed by atoms with E-state index in [4.69, 9.17) is 4.74 Å². The van der Waals surface area contributed by atoms with Crippen molar-refractivity contribution in [3.63, 3.8) is 0 Å². The lowest BCUT2D eigenvalue weighted by Crippen LogP contribution is -2.45. The van der Waals surface area contributed by atoms with Gasteiger partial charge in [-0.05, 0) is 90.6 Å². The number of carbonyl (C=O) groups excluding carboxylic acids is 2. The summed E-state index contributed by atoms with van der Waals surface area (Å²) in [6.07, 6.45) is 1.16. The van der Waals surface area contributed by atoms with Gasteiger partial charge in [-0.25, -0.2) is 4.79 Å². The van der Waals surface area contributed by atoms with Gasteiger partial charge in [0, 0.05) is 17.8 Å². The normalized spacial score (nSPS) is 13.6. The second-order valence-electron chi connectivity index (χ2n) is 10.2. The van der Waals surface area contributed by atoms with Crippen LogP contribution in [0.1, 0.15) is 59.6 Å². The maximum absolute atomic E-state index is 13.8. The monoisotopic (exact) mass is 451 g/mol. The summed E-state index contributed by atoms with van der Waals surface area (Å²) in [6.45, 7) is 14.2. The van der Waals surface area contributed by atoms with Crippen molar-refractivity contribution in [3.05, 3.63) is 53.6 Å². The van der Waals surface area contributed by atoms with E-state index in [0.29, 0.717) is 12.2 Å². The van der Waals surface area contributed by atoms with E-state index in [0.717, 1.165) is 35.3 Å². The van der Waals surface area contributed by atoms with Gasteiger partial charge in [-0.15, -0.1) is 0 Å². The highest BCUT2D eigenvalue weighted by Gasteiger charge is 2.29. The number of hydrogen-bond acceptors (Lipinski definition) is 4. The van der Waals surface area contributed by atoms with E-state index in [9.17, 15) is 9.59 Å². The largest absolute Gasteiger partial charge is 0.444 e. The minimum atomic E-state index is -0.589. The third kappa shape index (κ3) is 6.14. The first kappa shape index (κ1) is 24.8. The van der Waals surface area contributed by atoms with Crippen LogP contribution in [0.25, 0.3) is 0 Å². The molecule has 0 fully saturated rings. The summed E-state index contributed by atoms with van der Waals surface area (Å²) >= 11 is 0. The summed E-state index contributed by atoms with van der Waals surface area (Å²) in [5.41, 5.74) is 3.95. The Bertz CT molecular complexity index is 1000. The molecular formula is C27H37N3O3. The molecule has 3 rings (SSSR count). The standard InChI is InChI=1S/C27H37N3O3/c1-18(2)29(19(3)4)17-25(31)30-23-11-9-8-10-20(23)12-13-21-14-15-22(16-24(21)30)28-26(32)33-27(5,6)7/h8-11,14-16,18-19H,12-13,17H2,1-7H3,(H,28,32). The molecule has 2 amide bonds. The molecule has 0 aliphatic carbocycles. The predicted molar refractivity (Wildman–Crippen MR) is 134 cm³/mol. The maximum atomic E-state index is 13.8. The number of rotatable bonds is 5. The van der Waals surface area contributed by atoms with Crippen molar-refractivity contribution in [2.45, 2.75) is 79.0 Å². The fourth-order valence-corrected chi connectivity index (χ4v) is 4.28. The molecule has 0 bridgehead atoms. The SMILES string of the molecule is CC(C)N(CC(=O)N1c2ccccc2CCc2ccc(NC(=O)OC(C)(C)C)cc21)C(C)C. The minimum absolute atomic E-state index is 0.0161. The van der Waals surface area contributed by atoms with E-state index in [1.807, 2.05) is 62.1 Å². The van der Waals surface area contributed by atoms with Crippen LogP contribution < -0.4 is 10.2 Å². The van der Waals surface area contributed by atoms with Gasteiger partial charge in [0.2, 0.25) is 5.91 Å². The third-order valence-electron chi connectivity index (χ3n) is 5.76. The van der Waals surface area contributed by atoms with Crippen molar-refractivity contribution in [1.29, 1.82) is 0 Å². The van der Waals surface area contributed by atoms with E-state index in [2.05, 4.69) is 44.0 Å². The number of aryl methyl sites for hydroxylation is 2. The molecule has 6 heteroatoms. The zero-order valence-corrected chi connectivity index (χ0v) is 20.9. The van der Waals surface area contributed by atoms with Gasteiger partial charge in [0.05, 0.1) is 17.9 Å². The van der Waals surface area contributed by atoms with Gasteiger partial charge >= 0.3 is 6.09 Å².